The molecule has 5 heteroatoms. The van der Waals surface area contributed by atoms with Gasteiger partial charge in [0.1, 0.15) is 5.71 Å². The molecule has 0 aliphatic carbocycles. The maximum atomic E-state index is 11.6. The van der Waals surface area contributed by atoms with Gasteiger partial charge in [-0.05, 0) is 12.0 Å². The molecule has 112 valence electrons. The molecule has 1 aromatic carbocycles. The van der Waals surface area contributed by atoms with Crippen molar-refractivity contribution in [3.8, 4) is 0 Å². The number of oxime groups is 1. The predicted octanol–water partition coefficient (Wildman–Crippen LogP) is 1.20. The van der Waals surface area contributed by atoms with Crippen LogP contribution in [0.5, 0.6) is 0 Å². The molecule has 1 amide bonds. The molecule has 0 radical (unpaired) electrons. The van der Waals surface area contributed by atoms with Crippen LogP contribution in [0.4, 0.5) is 0 Å². The number of benzene rings is 1. The molecular formula is C16H21N3O2. The molecule has 0 bridgehead atoms. The lowest BCUT2D eigenvalue weighted by Crippen LogP contribution is -2.36. The van der Waals surface area contributed by atoms with Crippen molar-refractivity contribution < 1.29 is 9.63 Å². The Labute approximate surface area is 125 Å². The maximum absolute atomic E-state index is 11.6. The first kappa shape index (κ1) is 14.1. The number of rotatable bonds is 4. The van der Waals surface area contributed by atoms with Gasteiger partial charge in [0.15, 0.2) is 5.60 Å². The standard InChI is InChI=1S/C16H21N3O2/c1-17-15(20)14-11-16(21-18-14)8-10-19(12-16)9-7-13-5-3-2-4-6-13/h2-6H,7-12H2,1H3,(H,17,20). The smallest absolute Gasteiger partial charge is 0.268 e. The summed E-state index contributed by atoms with van der Waals surface area (Å²) < 4.78 is 0. The molecule has 1 unspecified atom stereocenters. The third kappa shape index (κ3) is 3.08. The van der Waals surface area contributed by atoms with Gasteiger partial charge in [-0.15, -0.1) is 0 Å². The minimum Gasteiger partial charge on any atom is -0.387 e. The molecule has 1 fully saturated rings. The lowest BCUT2D eigenvalue weighted by molar-refractivity contribution is -0.114. The Balaban J connectivity index is 1.51. The average Bonchev–Trinajstić information content (AvgIpc) is 3.13. The van der Waals surface area contributed by atoms with Gasteiger partial charge < -0.3 is 10.2 Å². The van der Waals surface area contributed by atoms with Crippen molar-refractivity contribution in [3.63, 3.8) is 0 Å². The lowest BCUT2D eigenvalue weighted by Gasteiger charge is -2.21. The summed E-state index contributed by atoms with van der Waals surface area (Å²) in [5.41, 5.74) is 1.59. The largest absolute Gasteiger partial charge is 0.387 e. The van der Waals surface area contributed by atoms with Crippen molar-refractivity contribution >= 4 is 11.6 Å². The zero-order chi connectivity index (χ0) is 14.7. The van der Waals surface area contributed by atoms with E-state index in [1.807, 2.05) is 6.07 Å². The monoisotopic (exact) mass is 287 g/mol. The van der Waals surface area contributed by atoms with Gasteiger partial charge in [0.05, 0.1) is 0 Å². The van der Waals surface area contributed by atoms with Crippen LogP contribution in [0.25, 0.3) is 0 Å². The zero-order valence-electron chi connectivity index (χ0n) is 12.3. The van der Waals surface area contributed by atoms with E-state index in [2.05, 4.69) is 39.6 Å². The SMILES string of the molecule is CNC(=O)C1=NOC2(CCN(CCc3ccccc3)C2)C1. The van der Waals surface area contributed by atoms with Crippen molar-refractivity contribution in [2.24, 2.45) is 5.16 Å². The zero-order valence-corrected chi connectivity index (χ0v) is 12.3. The van der Waals surface area contributed by atoms with Crippen molar-refractivity contribution in [1.82, 2.24) is 10.2 Å². The normalized spacial score (nSPS) is 24.9. The van der Waals surface area contributed by atoms with Gasteiger partial charge in [0.2, 0.25) is 0 Å². The minimum absolute atomic E-state index is 0.130. The molecule has 1 atom stereocenters. The van der Waals surface area contributed by atoms with Gasteiger partial charge in [-0.2, -0.15) is 0 Å². The lowest BCUT2D eigenvalue weighted by atomic mass is 9.96. The molecule has 1 saturated heterocycles. The van der Waals surface area contributed by atoms with Gasteiger partial charge in [-0.25, -0.2) is 0 Å². The van der Waals surface area contributed by atoms with E-state index in [0.29, 0.717) is 12.1 Å². The molecule has 2 aliphatic heterocycles. The maximum Gasteiger partial charge on any atom is 0.268 e. The van der Waals surface area contributed by atoms with Crippen molar-refractivity contribution in [2.45, 2.75) is 24.9 Å². The molecule has 3 rings (SSSR count). The average molecular weight is 287 g/mol. The van der Waals surface area contributed by atoms with E-state index in [0.717, 1.165) is 32.5 Å². The summed E-state index contributed by atoms with van der Waals surface area (Å²) in [5.74, 6) is -0.130. The summed E-state index contributed by atoms with van der Waals surface area (Å²) in [7, 11) is 1.62. The van der Waals surface area contributed by atoms with Crippen LogP contribution in [-0.2, 0) is 16.1 Å². The number of amides is 1. The van der Waals surface area contributed by atoms with E-state index < -0.39 is 0 Å². The van der Waals surface area contributed by atoms with E-state index in [-0.39, 0.29) is 11.5 Å². The summed E-state index contributed by atoms with van der Waals surface area (Å²) in [6.45, 7) is 2.87. The minimum atomic E-state index is -0.279. The Morgan fingerprint density at radius 3 is 3.00 bits per heavy atom. The number of hydrogen-bond donors (Lipinski definition) is 1. The summed E-state index contributed by atoms with van der Waals surface area (Å²) in [6, 6.07) is 10.5. The summed E-state index contributed by atoms with van der Waals surface area (Å²) in [5, 5.41) is 6.58. The number of carbonyl (C=O) groups is 1. The first-order chi connectivity index (χ1) is 10.2. The second-order valence-electron chi connectivity index (χ2n) is 5.83. The van der Waals surface area contributed by atoms with Gasteiger partial charge in [-0.3, -0.25) is 9.69 Å². The molecule has 1 aromatic rings. The van der Waals surface area contributed by atoms with Crippen molar-refractivity contribution in [2.75, 3.05) is 26.7 Å². The molecule has 5 nitrogen and oxygen atoms in total. The number of nitrogens with one attached hydrogen (secondary N) is 1. The third-order valence-electron chi connectivity index (χ3n) is 4.28. The highest BCUT2D eigenvalue weighted by Gasteiger charge is 2.46. The fourth-order valence-corrected chi connectivity index (χ4v) is 3.06. The third-order valence-corrected chi connectivity index (χ3v) is 4.28. The predicted molar refractivity (Wildman–Crippen MR) is 81.1 cm³/mol. The molecule has 2 aliphatic rings. The number of nitrogens with zero attached hydrogens (tertiary/aromatic N) is 2. The molecule has 1 spiro atoms. The topological polar surface area (TPSA) is 53.9 Å². The van der Waals surface area contributed by atoms with Crippen LogP contribution in [0.15, 0.2) is 35.5 Å². The summed E-state index contributed by atoms with van der Waals surface area (Å²) >= 11 is 0. The van der Waals surface area contributed by atoms with Crippen LogP contribution < -0.4 is 5.32 Å². The van der Waals surface area contributed by atoms with Gasteiger partial charge >= 0.3 is 0 Å². The molecule has 1 N–H and O–H groups in total. The Kier molecular flexibility index (Phi) is 3.92. The molecule has 0 aromatic heterocycles. The van der Waals surface area contributed by atoms with Crippen molar-refractivity contribution in [3.05, 3.63) is 35.9 Å². The Morgan fingerprint density at radius 1 is 1.43 bits per heavy atom. The van der Waals surface area contributed by atoms with Crippen LogP contribution in [0.1, 0.15) is 18.4 Å². The second kappa shape index (κ2) is 5.85. The first-order valence-electron chi connectivity index (χ1n) is 7.44. The van der Waals surface area contributed by atoms with E-state index in [1.165, 1.54) is 5.56 Å². The second-order valence-corrected chi connectivity index (χ2v) is 5.83. The highest BCUT2D eigenvalue weighted by molar-refractivity contribution is 6.39. The van der Waals surface area contributed by atoms with E-state index in [4.69, 9.17) is 4.84 Å². The Morgan fingerprint density at radius 2 is 2.24 bits per heavy atom. The van der Waals surface area contributed by atoms with Crippen LogP contribution in [0.2, 0.25) is 0 Å². The first-order valence-corrected chi connectivity index (χ1v) is 7.44. The fraction of sp³-hybridized carbons (Fsp3) is 0.500. The van der Waals surface area contributed by atoms with Crippen LogP contribution in [-0.4, -0.2) is 48.8 Å². The van der Waals surface area contributed by atoms with Crippen LogP contribution in [0, 0.1) is 0 Å². The van der Waals surface area contributed by atoms with Gasteiger partial charge in [0.25, 0.3) is 5.91 Å². The quantitative estimate of drug-likeness (QED) is 0.905. The Bertz CT molecular complexity index is 544. The molecule has 21 heavy (non-hydrogen) atoms. The summed E-state index contributed by atoms with van der Waals surface area (Å²) in [6.07, 6.45) is 2.60. The highest BCUT2D eigenvalue weighted by Crippen LogP contribution is 2.33. The molecule has 2 heterocycles. The van der Waals surface area contributed by atoms with Crippen LogP contribution >= 0.6 is 0 Å². The van der Waals surface area contributed by atoms with Gasteiger partial charge in [-0.1, -0.05) is 35.5 Å². The summed E-state index contributed by atoms with van der Waals surface area (Å²) in [4.78, 5) is 19.6. The molecule has 0 saturated carbocycles. The van der Waals surface area contributed by atoms with E-state index in [1.54, 1.807) is 7.05 Å². The fourth-order valence-electron chi connectivity index (χ4n) is 3.06. The van der Waals surface area contributed by atoms with E-state index in [9.17, 15) is 4.79 Å². The number of likely N-dealkylation sites (tertiary alicyclic amines) is 1. The van der Waals surface area contributed by atoms with E-state index >= 15 is 0 Å². The van der Waals surface area contributed by atoms with Crippen LogP contribution in [0.3, 0.4) is 0 Å². The number of carbonyl (C=O) groups excluding carboxylic acids is 1. The molecular weight excluding hydrogens is 266 g/mol. The highest BCUT2D eigenvalue weighted by atomic mass is 16.7. The van der Waals surface area contributed by atoms with Crippen molar-refractivity contribution in [1.29, 1.82) is 0 Å². The Hall–Kier alpha value is -1.88. The number of hydrogen-bond acceptors (Lipinski definition) is 4. The van der Waals surface area contributed by atoms with Gasteiger partial charge in [0, 0.05) is 39.5 Å².